The number of carbonyl (C=O) groups excluding carboxylic acids is 1. The first kappa shape index (κ1) is 18.5. The summed E-state index contributed by atoms with van der Waals surface area (Å²) in [6.45, 7) is 4.18. The molecule has 3 rings (SSSR count). The van der Waals surface area contributed by atoms with Gasteiger partial charge in [0.25, 0.3) is 0 Å². The van der Waals surface area contributed by atoms with E-state index in [1.807, 2.05) is 56.3 Å². The average molecular weight is 372 g/mol. The fourth-order valence-electron chi connectivity index (χ4n) is 3.37. The van der Waals surface area contributed by atoms with Crippen molar-refractivity contribution in [2.24, 2.45) is 0 Å². The van der Waals surface area contributed by atoms with Crippen LogP contribution in [-0.4, -0.2) is 33.7 Å². The van der Waals surface area contributed by atoms with E-state index in [4.69, 9.17) is 0 Å². The SMILES string of the molecule is Cc1ccc(C)c(N(CC(=O)N2CCCc3ccccc32)S(C)(=O)=O)c1. The van der Waals surface area contributed by atoms with Crippen LogP contribution in [-0.2, 0) is 21.2 Å². The lowest BCUT2D eigenvalue weighted by Gasteiger charge is -2.32. The van der Waals surface area contributed by atoms with E-state index < -0.39 is 10.0 Å². The van der Waals surface area contributed by atoms with Gasteiger partial charge in [-0.15, -0.1) is 0 Å². The standard InChI is InChI=1S/C20H24N2O3S/c1-15-10-11-16(2)19(13-15)22(26(3,24)25)14-20(23)21-12-6-8-17-7-4-5-9-18(17)21/h4-5,7,9-11,13H,6,8,12,14H2,1-3H3. The second-order valence-electron chi connectivity index (χ2n) is 6.84. The fourth-order valence-corrected chi connectivity index (χ4v) is 4.27. The molecule has 0 saturated heterocycles. The highest BCUT2D eigenvalue weighted by Gasteiger charge is 2.28. The molecule has 0 aromatic heterocycles. The minimum atomic E-state index is -3.58. The number of nitrogens with zero attached hydrogens (tertiary/aromatic N) is 2. The molecule has 138 valence electrons. The van der Waals surface area contributed by atoms with Crippen LogP contribution in [0.15, 0.2) is 42.5 Å². The van der Waals surface area contributed by atoms with Gasteiger partial charge in [0.05, 0.1) is 11.9 Å². The summed E-state index contributed by atoms with van der Waals surface area (Å²) in [6, 6.07) is 13.4. The number of para-hydroxylation sites is 1. The van der Waals surface area contributed by atoms with Crippen LogP contribution in [0.2, 0.25) is 0 Å². The van der Waals surface area contributed by atoms with Crippen molar-refractivity contribution in [3.8, 4) is 0 Å². The molecule has 0 bridgehead atoms. The topological polar surface area (TPSA) is 57.7 Å². The lowest BCUT2D eigenvalue weighted by atomic mass is 10.0. The van der Waals surface area contributed by atoms with Crippen LogP contribution >= 0.6 is 0 Å². The minimum absolute atomic E-state index is 0.197. The first-order valence-electron chi connectivity index (χ1n) is 8.70. The lowest BCUT2D eigenvalue weighted by molar-refractivity contribution is -0.117. The van der Waals surface area contributed by atoms with Crippen LogP contribution in [0, 0.1) is 13.8 Å². The number of carbonyl (C=O) groups is 1. The van der Waals surface area contributed by atoms with Crippen LogP contribution in [0.5, 0.6) is 0 Å². The second kappa shape index (κ2) is 7.11. The van der Waals surface area contributed by atoms with Gasteiger partial charge in [0.1, 0.15) is 6.54 Å². The second-order valence-corrected chi connectivity index (χ2v) is 8.74. The Morgan fingerprint density at radius 3 is 2.62 bits per heavy atom. The van der Waals surface area contributed by atoms with Crippen LogP contribution in [0.3, 0.4) is 0 Å². The van der Waals surface area contributed by atoms with E-state index in [0.29, 0.717) is 12.2 Å². The molecule has 0 aliphatic carbocycles. The van der Waals surface area contributed by atoms with Gasteiger partial charge in [0.2, 0.25) is 15.9 Å². The van der Waals surface area contributed by atoms with Crippen molar-refractivity contribution < 1.29 is 13.2 Å². The zero-order chi connectivity index (χ0) is 18.9. The zero-order valence-corrected chi connectivity index (χ0v) is 16.2. The van der Waals surface area contributed by atoms with Gasteiger partial charge in [-0.05, 0) is 55.5 Å². The molecule has 2 aromatic carbocycles. The van der Waals surface area contributed by atoms with E-state index in [1.165, 1.54) is 4.31 Å². The van der Waals surface area contributed by atoms with Crippen molar-refractivity contribution in [3.05, 3.63) is 59.2 Å². The molecule has 1 amide bonds. The molecular weight excluding hydrogens is 348 g/mol. The Labute approximate surface area is 155 Å². The van der Waals surface area contributed by atoms with Crippen LogP contribution in [0.1, 0.15) is 23.1 Å². The maximum absolute atomic E-state index is 13.0. The Hall–Kier alpha value is -2.34. The molecule has 1 aliphatic rings. The molecule has 0 radical (unpaired) electrons. The molecule has 0 saturated carbocycles. The Kier molecular flexibility index (Phi) is 5.05. The molecule has 6 heteroatoms. The highest BCUT2D eigenvalue weighted by atomic mass is 32.2. The van der Waals surface area contributed by atoms with Crippen LogP contribution in [0.4, 0.5) is 11.4 Å². The van der Waals surface area contributed by atoms with Gasteiger partial charge >= 0.3 is 0 Å². The van der Waals surface area contributed by atoms with Crippen molar-refractivity contribution in [3.63, 3.8) is 0 Å². The van der Waals surface area contributed by atoms with Gasteiger partial charge in [-0.1, -0.05) is 30.3 Å². The Morgan fingerprint density at radius 1 is 1.15 bits per heavy atom. The number of rotatable bonds is 4. The molecule has 2 aromatic rings. The maximum Gasteiger partial charge on any atom is 0.247 e. The number of benzene rings is 2. The van der Waals surface area contributed by atoms with E-state index in [0.717, 1.165) is 41.5 Å². The van der Waals surface area contributed by atoms with E-state index >= 15 is 0 Å². The van der Waals surface area contributed by atoms with Gasteiger partial charge in [-0.3, -0.25) is 9.10 Å². The van der Waals surface area contributed by atoms with Gasteiger partial charge < -0.3 is 4.90 Å². The number of sulfonamides is 1. The quantitative estimate of drug-likeness (QED) is 0.829. The number of hydrogen-bond donors (Lipinski definition) is 0. The van der Waals surface area contributed by atoms with Crippen LogP contribution in [0.25, 0.3) is 0 Å². The molecule has 0 N–H and O–H groups in total. The summed E-state index contributed by atoms with van der Waals surface area (Å²) in [5.74, 6) is -0.205. The molecule has 0 unspecified atom stereocenters. The number of fused-ring (bicyclic) bond motifs is 1. The summed E-state index contributed by atoms with van der Waals surface area (Å²) in [5.41, 5.74) is 4.36. The summed E-state index contributed by atoms with van der Waals surface area (Å²) in [7, 11) is -3.58. The summed E-state index contributed by atoms with van der Waals surface area (Å²) in [5, 5.41) is 0. The first-order valence-corrected chi connectivity index (χ1v) is 10.6. The summed E-state index contributed by atoms with van der Waals surface area (Å²) < 4.78 is 26.0. The summed E-state index contributed by atoms with van der Waals surface area (Å²) in [6.07, 6.45) is 2.96. The molecule has 0 atom stereocenters. The van der Waals surface area contributed by atoms with Crippen LogP contribution < -0.4 is 9.21 Å². The highest BCUT2D eigenvalue weighted by molar-refractivity contribution is 7.92. The van der Waals surface area contributed by atoms with Crippen molar-refractivity contribution in [2.75, 3.05) is 28.6 Å². The molecular formula is C20H24N2O3S. The third-order valence-electron chi connectivity index (χ3n) is 4.72. The summed E-state index contributed by atoms with van der Waals surface area (Å²) >= 11 is 0. The lowest BCUT2D eigenvalue weighted by Crippen LogP contribution is -2.44. The van der Waals surface area contributed by atoms with Crippen molar-refractivity contribution >= 4 is 27.3 Å². The molecule has 5 nitrogen and oxygen atoms in total. The predicted molar refractivity (Wildman–Crippen MR) is 105 cm³/mol. The van der Waals surface area contributed by atoms with Crippen molar-refractivity contribution in [1.29, 1.82) is 0 Å². The molecule has 0 spiro atoms. The monoisotopic (exact) mass is 372 g/mol. The Morgan fingerprint density at radius 2 is 1.88 bits per heavy atom. The number of aryl methyl sites for hydroxylation is 3. The highest BCUT2D eigenvalue weighted by Crippen LogP contribution is 2.28. The van der Waals surface area contributed by atoms with Gasteiger partial charge in [0.15, 0.2) is 0 Å². The largest absolute Gasteiger partial charge is 0.311 e. The number of amides is 1. The van der Waals surface area contributed by atoms with E-state index in [2.05, 4.69) is 0 Å². The Bertz CT molecular complexity index is 938. The van der Waals surface area contributed by atoms with Crippen molar-refractivity contribution in [1.82, 2.24) is 0 Å². The number of hydrogen-bond acceptors (Lipinski definition) is 3. The smallest absolute Gasteiger partial charge is 0.247 e. The average Bonchev–Trinajstić information content (AvgIpc) is 2.60. The van der Waals surface area contributed by atoms with E-state index in [1.54, 1.807) is 4.90 Å². The van der Waals surface area contributed by atoms with Gasteiger partial charge in [0, 0.05) is 12.2 Å². The van der Waals surface area contributed by atoms with E-state index in [9.17, 15) is 13.2 Å². The Balaban J connectivity index is 1.94. The minimum Gasteiger partial charge on any atom is -0.311 e. The first-order chi connectivity index (χ1) is 12.3. The van der Waals surface area contributed by atoms with Gasteiger partial charge in [-0.25, -0.2) is 8.42 Å². The third-order valence-corrected chi connectivity index (χ3v) is 5.85. The molecule has 1 aliphatic heterocycles. The molecule has 1 heterocycles. The zero-order valence-electron chi connectivity index (χ0n) is 15.4. The fraction of sp³-hybridized carbons (Fsp3) is 0.350. The molecule has 0 fully saturated rings. The normalized spacial score (nSPS) is 14.0. The maximum atomic E-state index is 13.0. The predicted octanol–water partition coefficient (Wildman–Crippen LogP) is 3.05. The number of anilines is 2. The van der Waals surface area contributed by atoms with Crippen molar-refractivity contribution in [2.45, 2.75) is 26.7 Å². The third kappa shape index (κ3) is 3.75. The summed E-state index contributed by atoms with van der Waals surface area (Å²) in [4.78, 5) is 14.7. The van der Waals surface area contributed by atoms with Gasteiger partial charge in [-0.2, -0.15) is 0 Å². The molecule has 26 heavy (non-hydrogen) atoms. The van der Waals surface area contributed by atoms with E-state index in [-0.39, 0.29) is 12.5 Å².